The van der Waals surface area contributed by atoms with Gasteiger partial charge >= 0.3 is 20.0 Å². The largest absolute Gasteiger partial charge is 0.544 e. The van der Waals surface area contributed by atoms with Crippen LogP contribution in [-0.4, -0.2) is 73.1 Å². The van der Waals surface area contributed by atoms with E-state index in [0.717, 1.165) is 0 Å². The van der Waals surface area contributed by atoms with Crippen LogP contribution in [-0.2, 0) is 33.9 Å². The van der Waals surface area contributed by atoms with Gasteiger partial charge in [0, 0.05) is 0 Å². The van der Waals surface area contributed by atoms with Gasteiger partial charge in [0.2, 0.25) is 5.60 Å². The van der Waals surface area contributed by atoms with E-state index < -0.39 is 68.1 Å². The Balaban J connectivity index is 1.72. The highest BCUT2D eigenvalue weighted by atomic mass is 31.2. The Morgan fingerprint density at radius 2 is 1.87 bits per heavy atom. The first-order valence-corrected chi connectivity index (χ1v) is 15.8. The fraction of sp³-hybridized carbons (Fsp3) is 0.483. The second kappa shape index (κ2) is 13.2. The normalized spacial score (nSPS) is 25.1. The van der Waals surface area contributed by atoms with E-state index in [2.05, 4.69) is 15.2 Å². The highest BCUT2D eigenvalue weighted by molar-refractivity contribution is 7.58. The van der Waals surface area contributed by atoms with Crippen molar-refractivity contribution in [2.45, 2.75) is 77.1 Å². The Morgan fingerprint density at radius 1 is 1.18 bits per heavy atom. The molecule has 0 bridgehead atoms. The molecule has 2 aromatic heterocycles. The van der Waals surface area contributed by atoms with Crippen LogP contribution >= 0.6 is 8.09 Å². The number of carbonyl (C=O) groups is 2. The predicted molar refractivity (Wildman–Crippen MR) is 161 cm³/mol. The van der Waals surface area contributed by atoms with Crippen LogP contribution in [0, 0.1) is 17.2 Å². The van der Waals surface area contributed by atoms with Gasteiger partial charge in [-0.15, -0.1) is 0 Å². The van der Waals surface area contributed by atoms with E-state index >= 15 is 0 Å². The number of nitrogens with one attached hydrogen (secondary N) is 1. The molecule has 0 amide bonds. The molecule has 3 heterocycles. The van der Waals surface area contributed by atoms with Crippen LogP contribution in [0.25, 0.3) is 5.52 Å². The van der Waals surface area contributed by atoms with E-state index in [0.29, 0.717) is 5.52 Å². The van der Waals surface area contributed by atoms with Crippen molar-refractivity contribution < 1.29 is 42.8 Å². The number of hydrogen-bond donors (Lipinski definition) is 4. The van der Waals surface area contributed by atoms with Gasteiger partial charge in [0.1, 0.15) is 42.3 Å². The number of carbonyl (C=O) groups excluding carboxylic acids is 2. The Morgan fingerprint density at radius 3 is 2.49 bits per heavy atom. The minimum absolute atomic E-state index is 0.0842. The number of ether oxygens (including phenoxy) is 3. The van der Waals surface area contributed by atoms with Crippen LogP contribution in [0.2, 0.25) is 0 Å². The first kappa shape index (κ1) is 34.0. The van der Waals surface area contributed by atoms with Crippen molar-refractivity contribution >= 4 is 31.4 Å². The summed E-state index contributed by atoms with van der Waals surface area (Å²) in [6.45, 7) is 8.77. The molecule has 4 rings (SSSR count). The van der Waals surface area contributed by atoms with E-state index in [1.165, 1.54) is 30.8 Å². The van der Waals surface area contributed by atoms with Crippen LogP contribution < -0.4 is 15.3 Å². The van der Waals surface area contributed by atoms with Crippen molar-refractivity contribution in [3.05, 3.63) is 54.5 Å². The summed E-state index contributed by atoms with van der Waals surface area (Å²) < 4.78 is 30.2. The molecule has 15 nitrogen and oxygen atoms in total. The highest BCUT2D eigenvalue weighted by Crippen LogP contribution is 2.55. The van der Waals surface area contributed by atoms with Crippen LogP contribution in [0.5, 0.6) is 5.75 Å². The molecule has 1 saturated heterocycles. The van der Waals surface area contributed by atoms with Crippen molar-refractivity contribution in [2.75, 3.05) is 12.3 Å². The maximum absolute atomic E-state index is 12.8. The number of anilines is 1. The number of hydrogen-bond acceptors (Lipinski definition) is 14. The first-order chi connectivity index (χ1) is 21.1. The van der Waals surface area contributed by atoms with E-state index in [1.54, 1.807) is 64.1 Å². The smallest absolute Gasteiger partial charge is 0.462 e. The molecule has 0 saturated carbocycles. The molecule has 0 aliphatic carbocycles. The summed E-state index contributed by atoms with van der Waals surface area (Å²) in [5, 5.41) is 29.4. The van der Waals surface area contributed by atoms with Crippen LogP contribution in [0.15, 0.2) is 48.8 Å². The third-order valence-electron chi connectivity index (χ3n) is 7.10. The average molecular weight is 646 g/mol. The monoisotopic (exact) mass is 645 g/mol. The quantitative estimate of drug-likeness (QED) is 0.165. The number of aromatic nitrogens is 3. The third kappa shape index (κ3) is 6.86. The lowest BCUT2D eigenvalue weighted by Crippen LogP contribution is -2.54. The highest BCUT2D eigenvalue weighted by Gasteiger charge is 2.68. The Hall–Kier alpha value is -3.90. The van der Waals surface area contributed by atoms with Crippen molar-refractivity contribution in [1.82, 2.24) is 19.7 Å². The molecule has 1 aliphatic heterocycles. The van der Waals surface area contributed by atoms with Gasteiger partial charge in [-0.3, -0.25) is 14.1 Å². The number of para-hydroxylation sites is 1. The maximum Gasteiger partial charge on any atom is 0.544 e. The summed E-state index contributed by atoms with van der Waals surface area (Å²) in [6, 6.07) is 12.3. The molecule has 242 valence electrons. The summed E-state index contributed by atoms with van der Waals surface area (Å²) in [5.74, 6) is -1.61. The van der Waals surface area contributed by atoms with Gasteiger partial charge in [0.05, 0.1) is 17.7 Å². The van der Waals surface area contributed by atoms with E-state index in [9.17, 15) is 24.9 Å². The molecule has 5 N–H and O–H groups in total. The average Bonchev–Trinajstić information content (AvgIpc) is 3.50. The van der Waals surface area contributed by atoms with Crippen LogP contribution in [0.3, 0.4) is 0 Å². The van der Waals surface area contributed by atoms with Gasteiger partial charge in [-0.1, -0.05) is 37.1 Å². The number of fused-ring (bicyclic) bond motifs is 1. The minimum Gasteiger partial charge on any atom is -0.462 e. The second-order valence-corrected chi connectivity index (χ2v) is 13.1. The first-order valence-electron chi connectivity index (χ1n) is 14.2. The Labute approximate surface area is 260 Å². The van der Waals surface area contributed by atoms with Gasteiger partial charge in [0.25, 0.3) is 0 Å². The van der Waals surface area contributed by atoms with Crippen LogP contribution in [0.1, 0.15) is 47.2 Å². The minimum atomic E-state index is -4.15. The van der Waals surface area contributed by atoms with E-state index in [1.807, 2.05) is 6.07 Å². The van der Waals surface area contributed by atoms with E-state index in [4.69, 9.17) is 29.0 Å². The number of benzene rings is 1. The van der Waals surface area contributed by atoms with Gasteiger partial charge < -0.3 is 25.1 Å². The number of nitrogens with zero attached hydrogens (tertiary/aromatic N) is 4. The summed E-state index contributed by atoms with van der Waals surface area (Å²) >= 11 is 0. The van der Waals surface area contributed by atoms with Gasteiger partial charge in [-0.05, 0) is 52.0 Å². The zero-order valence-electron chi connectivity index (χ0n) is 25.8. The van der Waals surface area contributed by atoms with Crippen molar-refractivity contribution in [1.29, 1.82) is 5.26 Å². The standard InChI is InChI=1S/C29H38N6O9P/c1-17(2)26(36)42-24-22(43-29(15-30,28(24,6)38)23-13-12-21-25(31)32-16-33-35(21)23)14-40-45(39,44-20-10-8-7-9-11-20)34-19(5)27(37)41-18(3)4/h7-13,16-19,22,24,34,38-39H,14H2,1-6H3,(H2,31,32,33)/q+1/t19-,22+,24+,28+,29-,45?/m0/s1. The topological polar surface area (TPSA) is 213 Å². The number of nitriles is 1. The molecule has 1 fully saturated rings. The lowest BCUT2D eigenvalue weighted by molar-refractivity contribution is -0.168. The summed E-state index contributed by atoms with van der Waals surface area (Å²) in [4.78, 5) is 41.0. The number of aliphatic hydroxyl groups is 1. The number of esters is 2. The summed E-state index contributed by atoms with van der Waals surface area (Å²) in [7, 11) is -4.15. The zero-order chi connectivity index (χ0) is 33.2. The molecule has 1 unspecified atom stereocenters. The summed E-state index contributed by atoms with van der Waals surface area (Å²) in [6.07, 6.45) is -2.05. The molecule has 16 heteroatoms. The third-order valence-corrected chi connectivity index (χ3v) is 8.77. The fourth-order valence-electron chi connectivity index (χ4n) is 4.80. The van der Waals surface area contributed by atoms with Crippen molar-refractivity contribution in [3.63, 3.8) is 0 Å². The van der Waals surface area contributed by atoms with Crippen molar-refractivity contribution in [3.8, 4) is 11.8 Å². The Kier molecular flexibility index (Phi) is 9.98. The Bertz CT molecular complexity index is 1560. The van der Waals surface area contributed by atoms with Gasteiger partial charge in [-0.25, -0.2) is 9.50 Å². The fourth-order valence-corrected chi connectivity index (χ4v) is 6.33. The molecule has 1 aliphatic rings. The predicted octanol–water partition coefficient (Wildman–Crippen LogP) is 2.44. The van der Waals surface area contributed by atoms with E-state index in [-0.39, 0.29) is 17.3 Å². The maximum atomic E-state index is 12.8. The molecule has 0 spiro atoms. The lowest BCUT2D eigenvalue weighted by Gasteiger charge is -2.34. The molecular weight excluding hydrogens is 607 g/mol. The molecule has 6 atom stereocenters. The SMILES string of the molecule is CC(C)OC(=O)[C@H](C)N[P+](O)(OC[C@H]1O[C@@](C#N)(c2ccc3c(N)ncnn23)[C@](C)(O)[C@@H]1OC(=O)C(C)C)Oc1ccccc1. The molecule has 1 aromatic carbocycles. The summed E-state index contributed by atoms with van der Waals surface area (Å²) in [5.41, 5.74) is 2.07. The number of rotatable bonds is 12. The molecule has 0 radical (unpaired) electrons. The molecular formula is C29H38N6O9P+. The molecule has 3 aromatic rings. The zero-order valence-corrected chi connectivity index (χ0v) is 26.7. The lowest BCUT2D eigenvalue weighted by atomic mass is 9.80. The second-order valence-electron chi connectivity index (χ2n) is 11.3. The van der Waals surface area contributed by atoms with Gasteiger partial charge in [0.15, 0.2) is 17.7 Å². The number of nitrogens with two attached hydrogens (primary N) is 1. The van der Waals surface area contributed by atoms with Gasteiger partial charge in [-0.2, -0.15) is 19.8 Å². The number of nitrogen functional groups attached to an aromatic ring is 1. The molecule has 45 heavy (non-hydrogen) atoms. The van der Waals surface area contributed by atoms with Crippen molar-refractivity contribution in [2.24, 2.45) is 5.92 Å². The van der Waals surface area contributed by atoms with Crippen LogP contribution in [0.4, 0.5) is 5.82 Å².